The van der Waals surface area contributed by atoms with Crippen molar-refractivity contribution in [2.75, 3.05) is 11.9 Å². The maximum Gasteiger partial charge on any atom is 0.259 e. The molecule has 140 valence electrons. The van der Waals surface area contributed by atoms with Gasteiger partial charge in [0.25, 0.3) is 5.91 Å². The molecule has 0 spiro atoms. The van der Waals surface area contributed by atoms with Gasteiger partial charge in [-0.05, 0) is 49.7 Å². The number of carbonyl (C=O) groups is 1. The number of benzene rings is 3. The van der Waals surface area contributed by atoms with Crippen molar-refractivity contribution in [3.63, 3.8) is 0 Å². The Balaban J connectivity index is 1.65. The lowest BCUT2D eigenvalue weighted by Crippen LogP contribution is -2.14. The number of nitrogens with zero attached hydrogens (tertiary/aromatic N) is 1. The highest BCUT2D eigenvalue weighted by molar-refractivity contribution is 6.06. The van der Waals surface area contributed by atoms with Crippen LogP contribution in [0.2, 0.25) is 0 Å². The van der Waals surface area contributed by atoms with E-state index >= 15 is 0 Å². The molecule has 0 fully saturated rings. The normalized spacial score (nSPS) is 10.8. The first kappa shape index (κ1) is 17.8. The first-order chi connectivity index (χ1) is 13.7. The molecule has 0 bridgehead atoms. The van der Waals surface area contributed by atoms with Crippen molar-refractivity contribution < 1.29 is 9.53 Å². The highest BCUT2D eigenvalue weighted by Crippen LogP contribution is 2.27. The summed E-state index contributed by atoms with van der Waals surface area (Å²) in [6.07, 6.45) is 0. The van der Waals surface area contributed by atoms with Crippen molar-refractivity contribution in [3.8, 4) is 17.1 Å². The van der Waals surface area contributed by atoms with E-state index in [1.165, 1.54) is 0 Å². The lowest BCUT2D eigenvalue weighted by molar-refractivity contribution is 0.102. The molecule has 4 aromatic rings. The smallest absolute Gasteiger partial charge is 0.259 e. The summed E-state index contributed by atoms with van der Waals surface area (Å²) in [4.78, 5) is 20.8. The Bertz CT molecular complexity index is 1110. The van der Waals surface area contributed by atoms with Crippen molar-refractivity contribution in [1.82, 2.24) is 9.97 Å². The van der Waals surface area contributed by atoms with Crippen LogP contribution in [0, 0.1) is 6.92 Å². The van der Waals surface area contributed by atoms with E-state index < -0.39 is 0 Å². The number of aromatic nitrogens is 2. The first-order valence-corrected chi connectivity index (χ1v) is 9.24. The van der Waals surface area contributed by atoms with E-state index in [0.717, 1.165) is 33.7 Å². The average molecular weight is 371 g/mol. The number of imidazole rings is 1. The van der Waals surface area contributed by atoms with Crippen molar-refractivity contribution in [1.29, 1.82) is 0 Å². The van der Waals surface area contributed by atoms with E-state index in [1.54, 1.807) is 12.1 Å². The minimum Gasteiger partial charge on any atom is -0.493 e. The Labute approximate surface area is 163 Å². The number of rotatable bonds is 5. The molecule has 3 aromatic carbocycles. The molecule has 0 aliphatic carbocycles. The second-order valence-electron chi connectivity index (χ2n) is 6.52. The SMILES string of the molecule is CCOc1ccccc1C(=O)Nc1cc(-c2nc3ccccc3[nH]2)ccc1C. The van der Waals surface area contributed by atoms with Gasteiger partial charge in [0.1, 0.15) is 11.6 Å². The highest BCUT2D eigenvalue weighted by Gasteiger charge is 2.14. The number of aromatic amines is 1. The Morgan fingerprint density at radius 1 is 1.07 bits per heavy atom. The summed E-state index contributed by atoms with van der Waals surface area (Å²) in [7, 11) is 0. The van der Waals surface area contributed by atoms with Crippen molar-refractivity contribution in [3.05, 3.63) is 77.9 Å². The minimum absolute atomic E-state index is 0.200. The van der Waals surface area contributed by atoms with Crippen molar-refractivity contribution >= 4 is 22.6 Å². The molecule has 0 radical (unpaired) electrons. The Hall–Kier alpha value is -3.60. The van der Waals surface area contributed by atoms with Gasteiger partial charge in [0.2, 0.25) is 0 Å². The number of hydrogen-bond donors (Lipinski definition) is 2. The highest BCUT2D eigenvalue weighted by atomic mass is 16.5. The third kappa shape index (κ3) is 3.47. The van der Waals surface area contributed by atoms with E-state index in [9.17, 15) is 4.79 Å². The molecule has 1 amide bonds. The lowest BCUT2D eigenvalue weighted by Gasteiger charge is -2.12. The van der Waals surface area contributed by atoms with Gasteiger partial charge >= 0.3 is 0 Å². The largest absolute Gasteiger partial charge is 0.493 e. The zero-order valence-corrected chi connectivity index (χ0v) is 15.8. The van der Waals surface area contributed by atoms with Crippen LogP contribution in [0.15, 0.2) is 66.7 Å². The van der Waals surface area contributed by atoms with Crippen LogP contribution in [0.4, 0.5) is 5.69 Å². The summed E-state index contributed by atoms with van der Waals surface area (Å²) in [5, 5.41) is 3.01. The molecule has 0 unspecified atom stereocenters. The molecular weight excluding hydrogens is 350 g/mol. The van der Waals surface area contributed by atoms with Crippen LogP contribution in [0.25, 0.3) is 22.4 Å². The van der Waals surface area contributed by atoms with Gasteiger partial charge in [0.15, 0.2) is 0 Å². The molecule has 5 heteroatoms. The molecule has 0 atom stereocenters. The molecule has 0 aliphatic heterocycles. The van der Waals surface area contributed by atoms with Gasteiger partial charge in [-0.15, -0.1) is 0 Å². The summed E-state index contributed by atoms with van der Waals surface area (Å²) < 4.78 is 5.58. The van der Waals surface area contributed by atoms with Crippen LogP contribution < -0.4 is 10.1 Å². The molecule has 1 heterocycles. The Morgan fingerprint density at radius 3 is 2.68 bits per heavy atom. The van der Waals surface area contributed by atoms with E-state index in [0.29, 0.717) is 17.9 Å². The van der Waals surface area contributed by atoms with Crippen LogP contribution >= 0.6 is 0 Å². The molecule has 28 heavy (non-hydrogen) atoms. The number of fused-ring (bicyclic) bond motifs is 1. The Kier molecular flexibility index (Phi) is 4.81. The minimum atomic E-state index is -0.200. The zero-order valence-electron chi connectivity index (χ0n) is 15.8. The molecule has 0 saturated heterocycles. The van der Waals surface area contributed by atoms with E-state index in [4.69, 9.17) is 4.74 Å². The summed E-state index contributed by atoms with van der Waals surface area (Å²) in [6, 6.07) is 21.1. The van der Waals surface area contributed by atoms with E-state index in [-0.39, 0.29) is 5.91 Å². The number of hydrogen-bond acceptors (Lipinski definition) is 3. The fourth-order valence-corrected chi connectivity index (χ4v) is 3.12. The predicted molar refractivity (Wildman–Crippen MR) is 112 cm³/mol. The molecule has 2 N–H and O–H groups in total. The Morgan fingerprint density at radius 2 is 1.86 bits per heavy atom. The number of nitrogens with one attached hydrogen (secondary N) is 2. The fraction of sp³-hybridized carbons (Fsp3) is 0.130. The number of amides is 1. The number of aryl methyl sites for hydroxylation is 1. The quantitative estimate of drug-likeness (QED) is 0.507. The molecule has 0 aliphatic rings. The number of carbonyl (C=O) groups excluding carboxylic acids is 1. The first-order valence-electron chi connectivity index (χ1n) is 9.24. The zero-order chi connectivity index (χ0) is 19.5. The van der Waals surface area contributed by atoms with Crippen LogP contribution in [0.5, 0.6) is 5.75 Å². The topological polar surface area (TPSA) is 67.0 Å². The molecular formula is C23H21N3O2. The van der Waals surface area contributed by atoms with Crippen LogP contribution in [0.3, 0.4) is 0 Å². The second-order valence-corrected chi connectivity index (χ2v) is 6.52. The third-order valence-corrected chi connectivity index (χ3v) is 4.58. The van der Waals surface area contributed by atoms with E-state index in [2.05, 4.69) is 15.3 Å². The average Bonchev–Trinajstić information content (AvgIpc) is 3.14. The number of anilines is 1. The second kappa shape index (κ2) is 7.56. The van der Waals surface area contributed by atoms with Crippen LogP contribution in [-0.2, 0) is 0 Å². The van der Waals surface area contributed by atoms with Gasteiger partial charge < -0.3 is 15.0 Å². The lowest BCUT2D eigenvalue weighted by atomic mass is 10.1. The van der Waals surface area contributed by atoms with Gasteiger partial charge in [-0.1, -0.05) is 36.4 Å². The maximum atomic E-state index is 12.8. The number of H-pyrrole nitrogens is 1. The summed E-state index contributed by atoms with van der Waals surface area (Å²) in [5.41, 5.74) is 5.04. The monoisotopic (exact) mass is 371 g/mol. The predicted octanol–water partition coefficient (Wildman–Crippen LogP) is 5.19. The fourth-order valence-electron chi connectivity index (χ4n) is 3.12. The van der Waals surface area contributed by atoms with Gasteiger partial charge in [-0.2, -0.15) is 0 Å². The van der Waals surface area contributed by atoms with Gasteiger partial charge in [-0.25, -0.2) is 4.98 Å². The molecule has 4 rings (SSSR count). The number of para-hydroxylation sites is 3. The third-order valence-electron chi connectivity index (χ3n) is 4.58. The summed E-state index contributed by atoms with van der Waals surface area (Å²) >= 11 is 0. The van der Waals surface area contributed by atoms with Gasteiger partial charge in [-0.3, -0.25) is 4.79 Å². The maximum absolute atomic E-state index is 12.8. The standard InChI is InChI=1S/C23H21N3O2/c1-3-28-21-11-7-4-8-17(21)23(27)26-20-14-16(13-12-15(20)2)22-24-18-9-5-6-10-19(18)25-22/h4-14H,3H2,1-2H3,(H,24,25)(H,26,27). The summed E-state index contributed by atoms with van der Waals surface area (Å²) in [5.74, 6) is 1.15. The van der Waals surface area contributed by atoms with Crippen molar-refractivity contribution in [2.45, 2.75) is 13.8 Å². The van der Waals surface area contributed by atoms with Crippen LogP contribution in [0.1, 0.15) is 22.8 Å². The molecule has 0 saturated carbocycles. The number of ether oxygens (including phenoxy) is 1. The molecule has 1 aromatic heterocycles. The molecule has 5 nitrogen and oxygen atoms in total. The van der Waals surface area contributed by atoms with Crippen LogP contribution in [-0.4, -0.2) is 22.5 Å². The summed E-state index contributed by atoms with van der Waals surface area (Å²) in [6.45, 7) is 4.37. The van der Waals surface area contributed by atoms with Gasteiger partial charge in [0, 0.05) is 11.3 Å². The van der Waals surface area contributed by atoms with Crippen molar-refractivity contribution in [2.24, 2.45) is 0 Å². The van der Waals surface area contributed by atoms with E-state index in [1.807, 2.05) is 68.4 Å². The van der Waals surface area contributed by atoms with Gasteiger partial charge in [0.05, 0.1) is 23.2 Å².